The topological polar surface area (TPSA) is 55.5 Å². The van der Waals surface area contributed by atoms with Crippen molar-refractivity contribution in [1.29, 1.82) is 0 Å². The first-order valence-corrected chi connectivity index (χ1v) is 8.12. The normalized spacial score (nSPS) is 10.6. The minimum Gasteiger partial charge on any atom is -0.408 e. The second kappa shape index (κ2) is 7.70. The molecule has 0 atom stereocenters. The maximum absolute atomic E-state index is 13.0. The minimum atomic E-state index is -0.499. The monoisotopic (exact) mass is 352 g/mol. The van der Waals surface area contributed by atoms with Gasteiger partial charge in [0.2, 0.25) is 5.91 Å². The van der Waals surface area contributed by atoms with Crippen LogP contribution >= 0.6 is 0 Å². The lowest BCUT2D eigenvalue weighted by molar-refractivity contribution is -0.131. The van der Waals surface area contributed by atoms with Crippen LogP contribution in [-0.2, 0) is 17.9 Å². The number of hydrogen-bond donors (Lipinski definition) is 0. The van der Waals surface area contributed by atoms with E-state index in [-0.39, 0.29) is 37.8 Å². The van der Waals surface area contributed by atoms with Gasteiger partial charge in [0, 0.05) is 19.5 Å². The van der Waals surface area contributed by atoms with Gasteiger partial charge in [-0.3, -0.25) is 9.36 Å². The van der Waals surface area contributed by atoms with Crippen molar-refractivity contribution >= 4 is 17.0 Å². The second-order valence-electron chi connectivity index (χ2n) is 5.82. The van der Waals surface area contributed by atoms with Crippen molar-refractivity contribution in [2.75, 3.05) is 6.54 Å². The van der Waals surface area contributed by atoms with Gasteiger partial charge in [-0.25, -0.2) is 9.18 Å². The molecular weight excluding hydrogens is 335 g/mol. The highest BCUT2D eigenvalue weighted by Gasteiger charge is 2.15. The number of aromatic nitrogens is 1. The van der Waals surface area contributed by atoms with Crippen molar-refractivity contribution < 1.29 is 13.6 Å². The summed E-state index contributed by atoms with van der Waals surface area (Å²) in [5, 5.41) is 0. The van der Waals surface area contributed by atoms with E-state index in [0.717, 1.165) is 5.56 Å². The SMILES string of the molecule is C#CCN(Cc1ccc(F)cc1)C(=O)CCn1c(=O)oc2ccccc21. The molecule has 0 aliphatic rings. The van der Waals surface area contributed by atoms with Crippen LogP contribution in [0.5, 0.6) is 0 Å². The van der Waals surface area contributed by atoms with E-state index >= 15 is 0 Å². The molecule has 6 heteroatoms. The Labute approximate surface area is 149 Å². The minimum absolute atomic E-state index is 0.103. The third-order valence-corrected chi connectivity index (χ3v) is 4.04. The third kappa shape index (κ3) is 3.83. The van der Waals surface area contributed by atoms with Gasteiger partial charge in [-0.15, -0.1) is 6.42 Å². The van der Waals surface area contributed by atoms with Crippen LogP contribution in [0, 0.1) is 18.2 Å². The molecule has 0 saturated heterocycles. The molecule has 0 N–H and O–H groups in total. The summed E-state index contributed by atoms with van der Waals surface area (Å²) in [6.07, 6.45) is 5.46. The van der Waals surface area contributed by atoms with Crippen LogP contribution in [0.1, 0.15) is 12.0 Å². The van der Waals surface area contributed by atoms with Crippen molar-refractivity contribution in [3.8, 4) is 12.3 Å². The van der Waals surface area contributed by atoms with Crippen LogP contribution in [0.15, 0.2) is 57.7 Å². The summed E-state index contributed by atoms with van der Waals surface area (Å²) in [5.74, 6) is 1.43. The molecule has 0 bridgehead atoms. The Morgan fingerprint density at radius 1 is 1.19 bits per heavy atom. The Hall–Kier alpha value is -3.33. The zero-order chi connectivity index (χ0) is 18.5. The Kier molecular flexibility index (Phi) is 5.18. The van der Waals surface area contributed by atoms with Gasteiger partial charge in [-0.1, -0.05) is 30.2 Å². The average Bonchev–Trinajstić information content (AvgIpc) is 2.96. The summed E-state index contributed by atoms with van der Waals surface area (Å²) < 4.78 is 19.6. The molecule has 1 aromatic heterocycles. The molecule has 0 unspecified atom stereocenters. The van der Waals surface area contributed by atoms with Crippen LogP contribution < -0.4 is 5.76 Å². The molecule has 3 rings (SSSR count). The Bertz CT molecular complexity index is 1010. The van der Waals surface area contributed by atoms with Crippen LogP contribution in [0.4, 0.5) is 4.39 Å². The van der Waals surface area contributed by atoms with Crippen LogP contribution in [0.25, 0.3) is 11.1 Å². The van der Waals surface area contributed by atoms with Crippen molar-refractivity contribution in [1.82, 2.24) is 9.47 Å². The molecule has 5 nitrogen and oxygen atoms in total. The van der Waals surface area contributed by atoms with Gasteiger partial charge in [-0.2, -0.15) is 0 Å². The molecule has 0 radical (unpaired) electrons. The predicted molar refractivity (Wildman–Crippen MR) is 95.7 cm³/mol. The van der Waals surface area contributed by atoms with Gasteiger partial charge in [0.25, 0.3) is 0 Å². The molecule has 0 saturated carbocycles. The van der Waals surface area contributed by atoms with Crippen LogP contribution in [-0.4, -0.2) is 21.9 Å². The molecule has 26 heavy (non-hydrogen) atoms. The average molecular weight is 352 g/mol. The van der Waals surface area contributed by atoms with Gasteiger partial charge in [0.15, 0.2) is 5.58 Å². The third-order valence-electron chi connectivity index (χ3n) is 4.04. The summed E-state index contributed by atoms with van der Waals surface area (Å²) in [7, 11) is 0. The Balaban J connectivity index is 1.71. The fourth-order valence-corrected chi connectivity index (χ4v) is 2.74. The number of carbonyl (C=O) groups excluding carboxylic acids is 1. The highest BCUT2D eigenvalue weighted by atomic mass is 19.1. The van der Waals surface area contributed by atoms with E-state index in [4.69, 9.17) is 10.8 Å². The number of carbonyl (C=O) groups is 1. The molecule has 3 aromatic rings. The number of para-hydroxylation sites is 2. The Morgan fingerprint density at radius 2 is 1.92 bits per heavy atom. The number of oxazole rings is 1. The van der Waals surface area contributed by atoms with E-state index in [0.29, 0.717) is 11.1 Å². The maximum atomic E-state index is 13.0. The quantitative estimate of drug-likeness (QED) is 0.641. The van der Waals surface area contributed by atoms with Crippen molar-refractivity contribution in [2.24, 2.45) is 0 Å². The number of fused-ring (bicyclic) bond motifs is 1. The second-order valence-corrected chi connectivity index (χ2v) is 5.82. The van der Waals surface area contributed by atoms with Crippen molar-refractivity contribution in [2.45, 2.75) is 19.5 Å². The standard InChI is InChI=1S/C20H17FN2O3/c1-2-12-22(14-15-7-9-16(21)10-8-15)19(24)11-13-23-17-5-3-4-6-18(17)26-20(23)25/h1,3-10H,11-14H2. The zero-order valence-electron chi connectivity index (χ0n) is 14.0. The van der Waals surface area contributed by atoms with Gasteiger partial charge in [0.05, 0.1) is 12.1 Å². The molecule has 0 fully saturated rings. The maximum Gasteiger partial charge on any atom is 0.419 e. The van der Waals surface area contributed by atoms with Crippen molar-refractivity contribution in [3.05, 3.63) is 70.5 Å². The number of terminal acetylenes is 1. The largest absolute Gasteiger partial charge is 0.419 e. The summed E-state index contributed by atoms with van der Waals surface area (Å²) in [6.45, 7) is 0.612. The van der Waals surface area contributed by atoms with E-state index in [1.165, 1.54) is 21.6 Å². The number of benzene rings is 2. The lowest BCUT2D eigenvalue weighted by Gasteiger charge is -2.20. The van der Waals surface area contributed by atoms with E-state index in [1.54, 1.807) is 36.4 Å². The first-order valence-electron chi connectivity index (χ1n) is 8.12. The lowest BCUT2D eigenvalue weighted by Crippen LogP contribution is -2.32. The molecule has 2 aromatic carbocycles. The number of halogens is 1. The molecule has 0 aliphatic carbocycles. The van der Waals surface area contributed by atoms with E-state index in [2.05, 4.69) is 5.92 Å². The van der Waals surface area contributed by atoms with Gasteiger partial charge >= 0.3 is 5.76 Å². The van der Waals surface area contributed by atoms with Gasteiger partial charge in [0.1, 0.15) is 5.82 Å². The van der Waals surface area contributed by atoms with E-state index < -0.39 is 5.76 Å². The number of amides is 1. The van der Waals surface area contributed by atoms with Crippen molar-refractivity contribution in [3.63, 3.8) is 0 Å². The fourth-order valence-electron chi connectivity index (χ4n) is 2.74. The summed E-state index contributed by atoms with van der Waals surface area (Å²) >= 11 is 0. The molecule has 0 aliphatic heterocycles. The summed E-state index contributed by atoms with van der Waals surface area (Å²) in [4.78, 5) is 26.0. The number of aryl methyl sites for hydroxylation is 1. The predicted octanol–water partition coefficient (Wildman–Crippen LogP) is 2.79. The van der Waals surface area contributed by atoms with Crippen LogP contribution in [0.3, 0.4) is 0 Å². The van der Waals surface area contributed by atoms with Crippen LogP contribution in [0.2, 0.25) is 0 Å². The van der Waals surface area contributed by atoms with E-state index in [9.17, 15) is 14.0 Å². The first kappa shape index (κ1) is 17.5. The first-order chi connectivity index (χ1) is 12.6. The van der Waals surface area contributed by atoms with Gasteiger partial charge in [-0.05, 0) is 29.8 Å². The molecule has 0 spiro atoms. The number of hydrogen-bond acceptors (Lipinski definition) is 3. The molecule has 1 amide bonds. The highest BCUT2D eigenvalue weighted by Crippen LogP contribution is 2.13. The lowest BCUT2D eigenvalue weighted by atomic mass is 10.2. The smallest absolute Gasteiger partial charge is 0.408 e. The Morgan fingerprint density at radius 3 is 2.65 bits per heavy atom. The molecule has 132 valence electrons. The fraction of sp³-hybridized carbons (Fsp3) is 0.200. The number of rotatable bonds is 6. The highest BCUT2D eigenvalue weighted by molar-refractivity contribution is 5.77. The zero-order valence-corrected chi connectivity index (χ0v) is 14.0. The summed E-state index contributed by atoms with van der Waals surface area (Å²) in [6, 6.07) is 12.9. The molecule has 1 heterocycles. The summed E-state index contributed by atoms with van der Waals surface area (Å²) in [5.41, 5.74) is 1.91. The van der Waals surface area contributed by atoms with Gasteiger partial charge < -0.3 is 9.32 Å². The van der Waals surface area contributed by atoms with E-state index in [1.807, 2.05) is 0 Å². The molecular formula is C20H17FN2O3. The number of nitrogens with zero attached hydrogens (tertiary/aromatic N) is 2.